The number of carbonyl (C=O) groups is 1. The predicted octanol–water partition coefficient (Wildman–Crippen LogP) is 1.45. The van der Waals surface area contributed by atoms with Crippen molar-refractivity contribution in [2.45, 2.75) is 38.5 Å². The van der Waals surface area contributed by atoms with Gasteiger partial charge in [0.15, 0.2) is 17.0 Å². The number of imidazole rings is 1. The molecular weight excluding hydrogens is 394 g/mol. The van der Waals surface area contributed by atoms with E-state index in [-0.39, 0.29) is 11.7 Å². The van der Waals surface area contributed by atoms with E-state index in [1.54, 1.807) is 17.9 Å². The van der Waals surface area contributed by atoms with Gasteiger partial charge in [0.05, 0.1) is 23.9 Å². The van der Waals surface area contributed by atoms with E-state index in [1.807, 2.05) is 31.2 Å². The van der Waals surface area contributed by atoms with E-state index in [0.717, 1.165) is 11.1 Å². The highest BCUT2D eigenvalue weighted by atomic mass is 16.3. The van der Waals surface area contributed by atoms with Gasteiger partial charge in [-0.15, -0.1) is 0 Å². The number of carbonyl (C=O) groups excluding carboxylic acids is 1. The van der Waals surface area contributed by atoms with Crippen molar-refractivity contribution in [2.75, 3.05) is 12.4 Å². The zero-order valence-corrected chi connectivity index (χ0v) is 17.5. The van der Waals surface area contributed by atoms with E-state index >= 15 is 0 Å². The van der Waals surface area contributed by atoms with Crippen LogP contribution < -0.4 is 5.32 Å². The van der Waals surface area contributed by atoms with Crippen molar-refractivity contribution in [1.82, 2.24) is 19.5 Å². The number of aliphatic hydroxyl groups excluding tert-OH is 2. The number of hydrogen-bond acceptors (Lipinski definition) is 7. The Labute approximate surface area is 179 Å². The fraction of sp³-hybridized carbons (Fsp3) is 0.391. The molecular formula is C23H23N5O3. The van der Waals surface area contributed by atoms with Gasteiger partial charge in [0.25, 0.3) is 0 Å². The topological polar surface area (TPSA) is 113 Å². The Kier molecular flexibility index (Phi) is 4.36. The maximum Gasteiger partial charge on any atom is 0.209 e. The quantitative estimate of drug-likeness (QED) is 0.553. The van der Waals surface area contributed by atoms with Crippen molar-refractivity contribution in [3.63, 3.8) is 0 Å². The van der Waals surface area contributed by atoms with Crippen LogP contribution in [0.5, 0.6) is 0 Å². The maximum absolute atomic E-state index is 12.2. The number of Topliss-reactive ketones (excluding diaryl/α,β-unsaturated/α-hetero) is 1. The number of aromatic nitrogens is 4. The largest absolute Gasteiger partial charge is 0.389 e. The average molecular weight is 417 g/mol. The van der Waals surface area contributed by atoms with Crippen LogP contribution in [0.15, 0.2) is 30.6 Å². The molecule has 2 fully saturated rings. The second kappa shape index (κ2) is 6.87. The third-order valence-electron chi connectivity index (χ3n) is 6.64. The van der Waals surface area contributed by atoms with Crippen LogP contribution in [-0.2, 0) is 4.79 Å². The third-order valence-corrected chi connectivity index (χ3v) is 6.64. The third kappa shape index (κ3) is 2.85. The van der Waals surface area contributed by atoms with Crippen molar-refractivity contribution in [3.8, 4) is 11.8 Å². The molecule has 2 aliphatic rings. The minimum atomic E-state index is -1.09. The number of aryl methyl sites for hydroxylation is 1. The van der Waals surface area contributed by atoms with Crippen molar-refractivity contribution in [3.05, 3.63) is 47.5 Å². The standard InChI is InChI=1S/C23H23N5O3/c1-12-5-4-6-14(9-12)7-8-16-26-21(24-3)17-22(27-16)28(11-25-17)18-15-10-23(15,13(2)29)20(31)19(18)30/h4-6,9,11,15,18-20,30-31H,10H2,1-3H3,(H,24,26,27)/t15?,18-,19+,20?,23-/m1/s1. The molecule has 0 radical (unpaired) electrons. The van der Waals surface area contributed by atoms with Crippen molar-refractivity contribution in [2.24, 2.45) is 11.3 Å². The maximum atomic E-state index is 12.2. The Balaban J connectivity index is 1.59. The Bertz CT molecular complexity index is 1270. The van der Waals surface area contributed by atoms with Crippen LogP contribution in [0.4, 0.5) is 5.82 Å². The zero-order valence-electron chi connectivity index (χ0n) is 17.5. The van der Waals surface area contributed by atoms with Gasteiger partial charge < -0.3 is 20.1 Å². The molecule has 2 aromatic heterocycles. The summed E-state index contributed by atoms with van der Waals surface area (Å²) in [5, 5.41) is 24.4. The molecule has 2 saturated carbocycles. The highest BCUT2D eigenvalue weighted by Crippen LogP contribution is 2.68. The minimum Gasteiger partial charge on any atom is -0.389 e. The highest BCUT2D eigenvalue weighted by Gasteiger charge is 2.74. The summed E-state index contributed by atoms with van der Waals surface area (Å²) in [6.45, 7) is 3.48. The van der Waals surface area contributed by atoms with Gasteiger partial charge >= 0.3 is 0 Å². The van der Waals surface area contributed by atoms with Crippen molar-refractivity contribution in [1.29, 1.82) is 0 Å². The zero-order chi connectivity index (χ0) is 21.9. The minimum absolute atomic E-state index is 0.0915. The first-order valence-corrected chi connectivity index (χ1v) is 10.2. The smallest absolute Gasteiger partial charge is 0.209 e. The first-order chi connectivity index (χ1) is 14.9. The van der Waals surface area contributed by atoms with Crippen LogP contribution in [0, 0.1) is 30.1 Å². The summed E-state index contributed by atoms with van der Waals surface area (Å²) in [6, 6.07) is 7.37. The number of nitrogens with zero attached hydrogens (tertiary/aromatic N) is 4. The Morgan fingerprint density at radius 1 is 1.29 bits per heavy atom. The fourth-order valence-electron chi connectivity index (χ4n) is 4.99. The summed E-state index contributed by atoms with van der Waals surface area (Å²) in [4.78, 5) is 25.7. The Hall–Kier alpha value is -3.28. The number of aliphatic hydroxyl groups is 2. The molecule has 0 aliphatic heterocycles. The lowest BCUT2D eigenvalue weighted by molar-refractivity contribution is -0.128. The first-order valence-electron chi connectivity index (χ1n) is 10.2. The summed E-state index contributed by atoms with van der Waals surface area (Å²) >= 11 is 0. The lowest BCUT2D eigenvalue weighted by Crippen LogP contribution is -2.36. The van der Waals surface area contributed by atoms with E-state index in [9.17, 15) is 15.0 Å². The van der Waals surface area contributed by atoms with Crippen LogP contribution in [0.2, 0.25) is 0 Å². The molecule has 2 unspecified atom stereocenters. The van der Waals surface area contributed by atoms with Crippen molar-refractivity contribution >= 4 is 22.8 Å². The van der Waals surface area contributed by atoms with Crippen LogP contribution in [0.25, 0.3) is 11.2 Å². The molecule has 158 valence electrons. The summed E-state index contributed by atoms with van der Waals surface area (Å²) in [5.41, 5.74) is 2.17. The van der Waals surface area contributed by atoms with Gasteiger partial charge in [0, 0.05) is 12.6 Å². The summed E-state index contributed by atoms with van der Waals surface area (Å²) in [5.74, 6) is 6.70. The van der Waals surface area contributed by atoms with Crippen molar-refractivity contribution < 1.29 is 15.0 Å². The highest BCUT2D eigenvalue weighted by molar-refractivity contribution is 5.88. The number of nitrogens with one attached hydrogen (secondary N) is 1. The molecule has 0 amide bonds. The molecule has 0 spiro atoms. The van der Waals surface area contributed by atoms with E-state index in [0.29, 0.717) is 29.2 Å². The molecule has 5 atom stereocenters. The SMILES string of the molecule is CNc1nc(C#Cc2cccc(C)c2)nc2c1ncn2[C@@H]1C2C[C@]2(C(C)=O)C(O)[C@H]1O. The predicted molar refractivity (Wildman–Crippen MR) is 114 cm³/mol. The second-order valence-electron chi connectivity index (χ2n) is 8.42. The van der Waals surface area contributed by atoms with Gasteiger partial charge in [-0.3, -0.25) is 4.79 Å². The molecule has 8 nitrogen and oxygen atoms in total. The Morgan fingerprint density at radius 2 is 2.10 bits per heavy atom. The second-order valence-corrected chi connectivity index (χ2v) is 8.42. The summed E-state index contributed by atoms with van der Waals surface area (Å²) in [6.07, 6.45) is -0.0272. The molecule has 3 aromatic rings. The van der Waals surface area contributed by atoms with Crippen LogP contribution in [-0.4, -0.2) is 54.8 Å². The number of hydrogen-bond donors (Lipinski definition) is 3. The lowest BCUT2D eigenvalue weighted by atomic mass is 9.95. The molecule has 8 heteroatoms. The van der Waals surface area contributed by atoms with E-state index < -0.39 is 23.7 Å². The molecule has 31 heavy (non-hydrogen) atoms. The first kappa shape index (κ1) is 19.7. The average Bonchev–Trinajstić information content (AvgIpc) is 3.30. The van der Waals surface area contributed by atoms with E-state index in [1.165, 1.54) is 6.92 Å². The molecule has 1 aromatic carbocycles. The van der Waals surface area contributed by atoms with Gasteiger partial charge in [-0.05, 0) is 49.8 Å². The van der Waals surface area contributed by atoms with Gasteiger partial charge in [-0.1, -0.05) is 18.1 Å². The normalized spacial score (nSPS) is 28.7. The Morgan fingerprint density at radius 3 is 2.77 bits per heavy atom. The van der Waals surface area contributed by atoms with Crippen LogP contribution >= 0.6 is 0 Å². The number of rotatable bonds is 3. The van der Waals surface area contributed by atoms with Gasteiger partial charge in [0.2, 0.25) is 5.82 Å². The van der Waals surface area contributed by atoms with E-state index in [4.69, 9.17) is 0 Å². The number of anilines is 1. The van der Waals surface area contributed by atoms with Gasteiger partial charge in [-0.25, -0.2) is 15.0 Å². The monoisotopic (exact) mass is 417 g/mol. The van der Waals surface area contributed by atoms with Crippen LogP contribution in [0.1, 0.15) is 36.3 Å². The number of benzene rings is 1. The summed E-state index contributed by atoms with van der Waals surface area (Å²) in [7, 11) is 1.74. The molecule has 2 aliphatic carbocycles. The number of fused-ring (bicyclic) bond motifs is 2. The van der Waals surface area contributed by atoms with Crippen LogP contribution in [0.3, 0.4) is 0 Å². The lowest BCUT2D eigenvalue weighted by Gasteiger charge is -2.23. The fourth-order valence-corrected chi connectivity index (χ4v) is 4.99. The number of ketones is 1. The van der Waals surface area contributed by atoms with Gasteiger partial charge in [-0.2, -0.15) is 0 Å². The molecule has 0 saturated heterocycles. The molecule has 0 bridgehead atoms. The van der Waals surface area contributed by atoms with E-state index in [2.05, 4.69) is 32.1 Å². The molecule has 5 rings (SSSR count). The van der Waals surface area contributed by atoms with Gasteiger partial charge in [0.1, 0.15) is 11.9 Å². The summed E-state index contributed by atoms with van der Waals surface area (Å²) < 4.78 is 1.76. The molecule has 2 heterocycles. The molecule has 3 N–H and O–H groups in total.